The predicted octanol–water partition coefficient (Wildman–Crippen LogP) is 2.33. The number of benzene rings is 1. The third-order valence-corrected chi connectivity index (χ3v) is 5.27. The molecule has 6 nitrogen and oxygen atoms in total. The molecule has 3 rings (SSSR count). The van der Waals surface area contributed by atoms with Crippen molar-refractivity contribution < 1.29 is 14.3 Å². The molecule has 132 valence electrons. The third-order valence-electron chi connectivity index (χ3n) is 4.15. The van der Waals surface area contributed by atoms with Crippen LogP contribution in [-0.2, 0) is 11.4 Å². The summed E-state index contributed by atoms with van der Waals surface area (Å²) in [5, 5.41) is 0.784. The van der Waals surface area contributed by atoms with Gasteiger partial charge in [0.05, 0.1) is 5.69 Å². The Kier molecular flexibility index (Phi) is 5.33. The van der Waals surface area contributed by atoms with Crippen molar-refractivity contribution in [3.8, 4) is 5.75 Å². The summed E-state index contributed by atoms with van der Waals surface area (Å²) in [5.74, 6) is 0.828. The van der Waals surface area contributed by atoms with Crippen molar-refractivity contribution in [1.29, 1.82) is 0 Å². The molecule has 1 aliphatic heterocycles. The van der Waals surface area contributed by atoms with Gasteiger partial charge in [0, 0.05) is 33.1 Å². The van der Waals surface area contributed by atoms with Crippen LogP contribution in [0.2, 0.25) is 0 Å². The van der Waals surface area contributed by atoms with Crippen LogP contribution in [0.25, 0.3) is 0 Å². The second-order valence-electron chi connectivity index (χ2n) is 5.92. The number of aromatic nitrogens is 1. The van der Waals surface area contributed by atoms with Gasteiger partial charge in [0.2, 0.25) is 5.91 Å². The normalized spacial score (nSPS) is 14.5. The third kappa shape index (κ3) is 4.17. The first-order valence-corrected chi connectivity index (χ1v) is 9.05. The average molecular weight is 359 g/mol. The van der Waals surface area contributed by atoms with Crippen molar-refractivity contribution in [3.63, 3.8) is 0 Å². The van der Waals surface area contributed by atoms with Gasteiger partial charge in [-0.25, -0.2) is 4.98 Å². The molecule has 7 heteroatoms. The molecule has 0 N–H and O–H groups in total. The van der Waals surface area contributed by atoms with E-state index in [0.717, 1.165) is 16.5 Å². The van der Waals surface area contributed by atoms with E-state index in [1.165, 1.54) is 11.3 Å². The van der Waals surface area contributed by atoms with Gasteiger partial charge in [-0.1, -0.05) is 18.2 Å². The van der Waals surface area contributed by atoms with Crippen molar-refractivity contribution in [2.75, 3.05) is 26.2 Å². The zero-order valence-corrected chi connectivity index (χ0v) is 15.2. The number of ether oxygens (including phenoxy) is 1. The molecular weight excluding hydrogens is 338 g/mol. The van der Waals surface area contributed by atoms with Crippen LogP contribution in [-0.4, -0.2) is 52.8 Å². The van der Waals surface area contributed by atoms with Gasteiger partial charge in [0.1, 0.15) is 22.2 Å². The van der Waals surface area contributed by atoms with Gasteiger partial charge >= 0.3 is 0 Å². The molecule has 2 aromatic rings. The van der Waals surface area contributed by atoms with Gasteiger partial charge in [-0.2, -0.15) is 0 Å². The molecule has 0 unspecified atom stereocenters. The molecule has 0 aliphatic carbocycles. The first-order chi connectivity index (χ1) is 12.0. The fourth-order valence-corrected chi connectivity index (χ4v) is 3.69. The van der Waals surface area contributed by atoms with E-state index in [1.807, 2.05) is 37.3 Å². The highest BCUT2D eigenvalue weighted by molar-refractivity contribution is 7.13. The number of para-hydroxylation sites is 1. The molecule has 2 heterocycles. The number of hydrogen-bond acceptors (Lipinski definition) is 5. The average Bonchev–Trinajstić information content (AvgIpc) is 3.01. The van der Waals surface area contributed by atoms with Crippen molar-refractivity contribution >= 4 is 23.2 Å². The fourth-order valence-electron chi connectivity index (χ4n) is 2.74. The maximum atomic E-state index is 12.7. The summed E-state index contributed by atoms with van der Waals surface area (Å²) in [5.41, 5.74) is 0.732. The number of rotatable bonds is 4. The molecule has 1 aromatic heterocycles. The van der Waals surface area contributed by atoms with Gasteiger partial charge in [-0.3, -0.25) is 9.59 Å². The van der Waals surface area contributed by atoms with Crippen LogP contribution in [0.5, 0.6) is 5.75 Å². The minimum Gasteiger partial charge on any atom is -0.486 e. The maximum absolute atomic E-state index is 12.7. The Balaban J connectivity index is 1.62. The Morgan fingerprint density at radius 2 is 1.76 bits per heavy atom. The summed E-state index contributed by atoms with van der Waals surface area (Å²) in [6, 6.07) is 9.54. The number of piperazine rings is 1. The van der Waals surface area contributed by atoms with Crippen LogP contribution < -0.4 is 4.74 Å². The van der Waals surface area contributed by atoms with Gasteiger partial charge in [0.15, 0.2) is 0 Å². The van der Waals surface area contributed by atoms with Crippen molar-refractivity contribution in [2.24, 2.45) is 0 Å². The SMILES string of the molecule is CC(=O)N1CCN(C(=O)c2sc(COc3ccccc3)nc2C)CC1. The first-order valence-electron chi connectivity index (χ1n) is 8.23. The summed E-state index contributed by atoms with van der Waals surface area (Å²) >= 11 is 1.38. The minimum atomic E-state index is -0.0100. The molecule has 1 fully saturated rings. The second-order valence-corrected chi connectivity index (χ2v) is 7.01. The minimum absolute atomic E-state index is 0.0100. The summed E-state index contributed by atoms with van der Waals surface area (Å²) in [6.07, 6.45) is 0. The first kappa shape index (κ1) is 17.4. The topological polar surface area (TPSA) is 62.7 Å². The van der Waals surface area contributed by atoms with E-state index in [1.54, 1.807) is 16.7 Å². The van der Waals surface area contributed by atoms with Crippen LogP contribution in [0.1, 0.15) is 27.3 Å². The van der Waals surface area contributed by atoms with E-state index in [4.69, 9.17) is 4.74 Å². The summed E-state index contributed by atoms with van der Waals surface area (Å²) in [4.78, 5) is 32.8. The smallest absolute Gasteiger partial charge is 0.265 e. The molecule has 0 radical (unpaired) electrons. The van der Waals surface area contributed by atoms with E-state index in [9.17, 15) is 9.59 Å². The lowest BCUT2D eigenvalue weighted by atomic mass is 10.2. The lowest BCUT2D eigenvalue weighted by Gasteiger charge is -2.34. The lowest BCUT2D eigenvalue weighted by molar-refractivity contribution is -0.130. The zero-order valence-electron chi connectivity index (χ0n) is 14.4. The Morgan fingerprint density at radius 3 is 2.40 bits per heavy atom. The standard InChI is InChI=1S/C18H21N3O3S/c1-13-17(18(23)21-10-8-20(9-11-21)14(2)22)25-16(19-13)12-24-15-6-4-3-5-7-15/h3-7H,8-12H2,1-2H3. The second kappa shape index (κ2) is 7.65. The molecule has 1 aliphatic rings. The molecule has 1 aromatic carbocycles. The van der Waals surface area contributed by atoms with Crippen LogP contribution in [0.15, 0.2) is 30.3 Å². The van der Waals surface area contributed by atoms with Crippen molar-refractivity contribution in [3.05, 3.63) is 45.9 Å². The van der Waals surface area contributed by atoms with Gasteiger partial charge in [-0.05, 0) is 19.1 Å². The Hall–Kier alpha value is -2.41. The highest BCUT2D eigenvalue weighted by Gasteiger charge is 2.26. The molecule has 1 saturated heterocycles. The number of aryl methyl sites for hydroxylation is 1. The maximum Gasteiger partial charge on any atom is 0.265 e. The van der Waals surface area contributed by atoms with Crippen molar-refractivity contribution in [2.45, 2.75) is 20.5 Å². The fraction of sp³-hybridized carbons (Fsp3) is 0.389. The van der Waals surface area contributed by atoms with Gasteiger partial charge in [-0.15, -0.1) is 11.3 Å². The van der Waals surface area contributed by atoms with Crippen LogP contribution >= 0.6 is 11.3 Å². The molecule has 0 bridgehead atoms. The van der Waals surface area contributed by atoms with Crippen LogP contribution in [0, 0.1) is 6.92 Å². The number of amides is 2. The van der Waals surface area contributed by atoms with Crippen LogP contribution in [0.4, 0.5) is 0 Å². The highest BCUT2D eigenvalue weighted by atomic mass is 32.1. The lowest BCUT2D eigenvalue weighted by Crippen LogP contribution is -2.50. The zero-order chi connectivity index (χ0) is 17.8. The molecule has 0 saturated carbocycles. The quantitative estimate of drug-likeness (QED) is 0.841. The number of nitrogens with zero attached hydrogens (tertiary/aromatic N) is 3. The van der Waals surface area contributed by atoms with E-state index >= 15 is 0 Å². The Bertz CT molecular complexity index is 752. The predicted molar refractivity (Wildman–Crippen MR) is 95.8 cm³/mol. The number of carbonyl (C=O) groups is 2. The summed E-state index contributed by atoms with van der Waals surface area (Å²) in [7, 11) is 0. The van der Waals surface area contributed by atoms with Gasteiger partial charge < -0.3 is 14.5 Å². The Morgan fingerprint density at radius 1 is 1.12 bits per heavy atom. The summed E-state index contributed by atoms with van der Waals surface area (Å²) in [6.45, 7) is 6.05. The highest BCUT2D eigenvalue weighted by Crippen LogP contribution is 2.22. The van der Waals surface area contributed by atoms with E-state index in [0.29, 0.717) is 37.7 Å². The molecular formula is C18H21N3O3S. The largest absolute Gasteiger partial charge is 0.486 e. The number of carbonyl (C=O) groups excluding carboxylic acids is 2. The number of thiazole rings is 1. The summed E-state index contributed by atoms with van der Waals surface area (Å²) < 4.78 is 5.70. The van der Waals surface area contributed by atoms with Gasteiger partial charge in [0.25, 0.3) is 5.91 Å². The van der Waals surface area contributed by atoms with Crippen molar-refractivity contribution in [1.82, 2.24) is 14.8 Å². The molecule has 0 atom stereocenters. The van der Waals surface area contributed by atoms with E-state index < -0.39 is 0 Å². The van der Waals surface area contributed by atoms with E-state index in [2.05, 4.69) is 4.98 Å². The number of hydrogen-bond donors (Lipinski definition) is 0. The van der Waals surface area contributed by atoms with Crippen LogP contribution in [0.3, 0.4) is 0 Å². The molecule has 2 amide bonds. The molecule has 0 spiro atoms. The van der Waals surface area contributed by atoms with E-state index in [-0.39, 0.29) is 11.8 Å². The Labute approximate surface area is 151 Å². The molecule has 25 heavy (non-hydrogen) atoms. The monoisotopic (exact) mass is 359 g/mol.